The van der Waals surface area contributed by atoms with Crippen LogP contribution in [0.4, 0.5) is 5.69 Å². The van der Waals surface area contributed by atoms with Crippen molar-refractivity contribution in [1.29, 1.82) is 0 Å². The molecule has 0 saturated carbocycles. The number of benzene rings is 2. The molecule has 0 saturated heterocycles. The maximum atomic E-state index is 12.2. The van der Waals surface area contributed by atoms with E-state index in [1.54, 1.807) is 30.3 Å². The highest BCUT2D eigenvalue weighted by Crippen LogP contribution is 2.16. The van der Waals surface area contributed by atoms with Crippen molar-refractivity contribution in [2.24, 2.45) is 0 Å². The Hall–Kier alpha value is -3.54. The maximum Gasteiger partial charge on any atom is 0.347 e. The van der Waals surface area contributed by atoms with E-state index in [1.165, 1.54) is 36.4 Å². The molecule has 0 aliphatic carbocycles. The summed E-state index contributed by atoms with van der Waals surface area (Å²) in [7, 11) is 0. The molecule has 3 rings (SSSR count). The van der Waals surface area contributed by atoms with E-state index in [0.29, 0.717) is 16.5 Å². The molecule has 24 heavy (non-hydrogen) atoms. The number of carbonyl (C=O) groups excluding carboxylic acids is 1. The first-order chi connectivity index (χ1) is 11.5. The number of hydrogen-bond acceptors (Lipinski definition) is 5. The number of hydrogen-bond donors (Lipinski definition) is 0. The molecule has 6 heteroatoms. The van der Waals surface area contributed by atoms with Crippen LogP contribution in [0.1, 0.15) is 15.9 Å². The van der Waals surface area contributed by atoms with Crippen molar-refractivity contribution in [3.63, 3.8) is 0 Å². The van der Waals surface area contributed by atoms with Crippen molar-refractivity contribution < 1.29 is 14.1 Å². The Morgan fingerprint density at radius 2 is 1.88 bits per heavy atom. The van der Waals surface area contributed by atoms with Gasteiger partial charge in [-0.25, -0.2) is 4.79 Å². The fourth-order valence-electron chi connectivity index (χ4n) is 2.24. The van der Waals surface area contributed by atoms with Crippen LogP contribution in [0.5, 0.6) is 0 Å². The molecule has 0 atom stereocenters. The highest BCUT2D eigenvalue weighted by atomic mass is 16.6. The van der Waals surface area contributed by atoms with Gasteiger partial charge in [0.05, 0.1) is 4.92 Å². The number of fused-ring (bicyclic) bond motifs is 1. The number of allylic oxidation sites excluding steroid dienone is 1. The third kappa shape index (κ3) is 3.12. The van der Waals surface area contributed by atoms with Gasteiger partial charge in [-0.3, -0.25) is 14.9 Å². The molecule has 0 radical (unpaired) electrons. The van der Waals surface area contributed by atoms with Crippen molar-refractivity contribution in [2.75, 3.05) is 0 Å². The monoisotopic (exact) mass is 321 g/mol. The average Bonchev–Trinajstić information content (AvgIpc) is 2.59. The zero-order valence-electron chi connectivity index (χ0n) is 12.3. The molecule has 6 nitrogen and oxygen atoms in total. The molecule has 0 spiro atoms. The molecule has 1 aromatic heterocycles. The first kappa shape index (κ1) is 15.4. The summed E-state index contributed by atoms with van der Waals surface area (Å²) < 4.78 is 5.12. The molecular weight excluding hydrogens is 310 g/mol. The Balaban J connectivity index is 1.92. The average molecular weight is 321 g/mol. The zero-order chi connectivity index (χ0) is 17.1. The van der Waals surface area contributed by atoms with E-state index in [1.807, 2.05) is 0 Å². The minimum Gasteiger partial charge on any atom is -0.422 e. The molecule has 0 bridgehead atoms. The summed E-state index contributed by atoms with van der Waals surface area (Å²) in [6.45, 7) is 0. The van der Waals surface area contributed by atoms with Gasteiger partial charge in [0.25, 0.3) is 5.69 Å². The van der Waals surface area contributed by atoms with Crippen LogP contribution in [-0.4, -0.2) is 10.7 Å². The molecule has 118 valence electrons. The van der Waals surface area contributed by atoms with Gasteiger partial charge in [-0.05, 0) is 23.8 Å². The van der Waals surface area contributed by atoms with Gasteiger partial charge in [0, 0.05) is 17.5 Å². The molecule has 0 unspecified atom stereocenters. The van der Waals surface area contributed by atoms with Gasteiger partial charge < -0.3 is 4.42 Å². The predicted octanol–water partition coefficient (Wildman–Crippen LogP) is 3.60. The van der Waals surface area contributed by atoms with E-state index in [4.69, 9.17) is 4.42 Å². The second-order valence-corrected chi connectivity index (χ2v) is 5.04. The number of carbonyl (C=O) groups is 1. The summed E-state index contributed by atoms with van der Waals surface area (Å²) in [5.74, 6) is -0.527. The van der Waals surface area contributed by atoms with Crippen LogP contribution in [0.15, 0.2) is 69.9 Å². The lowest BCUT2D eigenvalue weighted by molar-refractivity contribution is -0.384. The van der Waals surface area contributed by atoms with E-state index in [-0.39, 0.29) is 11.3 Å². The number of para-hydroxylation sites is 1. The van der Waals surface area contributed by atoms with Crippen molar-refractivity contribution >= 4 is 28.5 Å². The van der Waals surface area contributed by atoms with Crippen LogP contribution in [-0.2, 0) is 0 Å². The van der Waals surface area contributed by atoms with Crippen molar-refractivity contribution in [2.45, 2.75) is 0 Å². The van der Waals surface area contributed by atoms with Crippen molar-refractivity contribution in [1.82, 2.24) is 0 Å². The van der Waals surface area contributed by atoms with Gasteiger partial charge in [0.2, 0.25) is 0 Å². The van der Waals surface area contributed by atoms with E-state index in [9.17, 15) is 19.7 Å². The molecule has 0 aliphatic rings. The molecule has 0 fully saturated rings. The van der Waals surface area contributed by atoms with E-state index in [2.05, 4.69) is 0 Å². The van der Waals surface area contributed by atoms with Crippen LogP contribution < -0.4 is 5.63 Å². The van der Waals surface area contributed by atoms with Gasteiger partial charge in [-0.2, -0.15) is 0 Å². The molecular formula is C18H11NO5. The lowest BCUT2D eigenvalue weighted by Gasteiger charge is -1.99. The van der Waals surface area contributed by atoms with Crippen LogP contribution in [0, 0.1) is 10.1 Å². The maximum absolute atomic E-state index is 12.2. The second kappa shape index (κ2) is 6.29. The third-order valence-electron chi connectivity index (χ3n) is 3.42. The highest BCUT2D eigenvalue weighted by Gasteiger charge is 2.11. The van der Waals surface area contributed by atoms with Crippen molar-refractivity contribution in [3.8, 4) is 0 Å². The molecule has 2 aromatic carbocycles. The number of non-ortho nitro benzene ring substituents is 1. The molecule has 0 aliphatic heterocycles. The van der Waals surface area contributed by atoms with Crippen LogP contribution in [0.2, 0.25) is 0 Å². The fourth-order valence-corrected chi connectivity index (χ4v) is 2.24. The Morgan fingerprint density at radius 3 is 2.67 bits per heavy atom. The van der Waals surface area contributed by atoms with Gasteiger partial charge in [-0.1, -0.05) is 36.4 Å². The predicted molar refractivity (Wildman–Crippen MR) is 88.9 cm³/mol. The van der Waals surface area contributed by atoms with Gasteiger partial charge in [-0.15, -0.1) is 0 Å². The highest BCUT2D eigenvalue weighted by molar-refractivity contribution is 6.07. The quantitative estimate of drug-likeness (QED) is 0.241. The standard InChI is InChI=1S/C18H11NO5/c20-16(9-8-12-4-3-6-14(10-12)19(22)23)15-11-13-5-1-2-7-17(13)24-18(15)21/h1-11H. The second-order valence-electron chi connectivity index (χ2n) is 5.04. The summed E-state index contributed by atoms with van der Waals surface area (Å²) in [6.07, 6.45) is 2.62. The minimum atomic E-state index is -0.720. The molecule has 3 aromatic rings. The Kier molecular flexibility index (Phi) is 4.03. The van der Waals surface area contributed by atoms with Crippen LogP contribution in [0.25, 0.3) is 17.0 Å². The largest absolute Gasteiger partial charge is 0.422 e. The van der Waals surface area contributed by atoms with Gasteiger partial charge >= 0.3 is 5.63 Å². The third-order valence-corrected chi connectivity index (χ3v) is 3.42. The SMILES string of the molecule is O=C(C=Cc1cccc([N+](=O)[O-])c1)c1cc2ccccc2oc1=O. The van der Waals surface area contributed by atoms with E-state index in [0.717, 1.165) is 0 Å². The lowest BCUT2D eigenvalue weighted by atomic mass is 10.1. The van der Waals surface area contributed by atoms with Gasteiger partial charge in [0.1, 0.15) is 11.1 Å². The fraction of sp³-hybridized carbons (Fsp3) is 0. The number of ketones is 1. The summed E-state index contributed by atoms with van der Waals surface area (Å²) in [4.78, 5) is 34.4. The summed E-state index contributed by atoms with van der Waals surface area (Å²) in [5, 5.41) is 11.4. The first-order valence-electron chi connectivity index (χ1n) is 7.04. The minimum absolute atomic E-state index is 0.0742. The smallest absolute Gasteiger partial charge is 0.347 e. The van der Waals surface area contributed by atoms with Crippen molar-refractivity contribution in [3.05, 3.63) is 92.3 Å². The van der Waals surface area contributed by atoms with Crippen LogP contribution in [0.3, 0.4) is 0 Å². The van der Waals surface area contributed by atoms with E-state index >= 15 is 0 Å². The lowest BCUT2D eigenvalue weighted by Crippen LogP contribution is -2.11. The molecule has 0 amide bonds. The summed E-state index contributed by atoms with van der Waals surface area (Å²) >= 11 is 0. The topological polar surface area (TPSA) is 90.4 Å². The molecule has 0 N–H and O–H groups in total. The Morgan fingerprint density at radius 1 is 1.08 bits per heavy atom. The normalized spacial score (nSPS) is 11.0. The summed E-state index contributed by atoms with van der Waals surface area (Å²) in [6, 6.07) is 14.2. The summed E-state index contributed by atoms with van der Waals surface area (Å²) in [5.41, 5.74) is 0.0111. The number of rotatable bonds is 4. The van der Waals surface area contributed by atoms with E-state index < -0.39 is 16.3 Å². The van der Waals surface area contributed by atoms with Gasteiger partial charge in [0.15, 0.2) is 5.78 Å². The number of nitro groups is 1. The first-order valence-corrected chi connectivity index (χ1v) is 7.04. The number of nitro benzene ring substituents is 1. The van der Waals surface area contributed by atoms with Crippen LogP contribution >= 0.6 is 0 Å². The molecule has 1 heterocycles. The Bertz CT molecular complexity index is 1030. The Labute approximate surface area is 135 Å². The number of nitrogens with zero attached hydrogens (tertiary/aromatic N) is 1. The zero-order valence-corrected chi connectivity index (χ0v) is 12.3.